The van der Waals surface area contributed by atoms with Gasteiger partial charge in [0, 0.05) is 18.7 Å². The molecule has 1 aromatic heterocycles. The summed E-state index contributed by atoms with van der Waals surface area (Å²) in [5.41, 5.74) is 3.72. The lowest BCUT2D eigenvalue weighted by atomic mass is 10.1. The second kappa shape index (κ2) is 6.82. The molecule has 23 heavy (non-hydrogen) atoms. The highest BCUT2D eigenvalue weighted by molar-refractivity contribution is 6.04. The fraction of sp³-hybridized carbons (Fsp3) is 0.368. The zero-order chi connectivity index (χ0) is 16.2. The quantitative estimate of drug-likeness (QED) is 0.934. The molecule has 1 fully saturated rings. The van der Waals surface area contributed by atoms with E-state index < -0.39 is 0 Å². The Balaban J connectivity index is 1.67. The number of pyridine rings is 1. The third kappa shape index (κ3) is 3.70. The van der Waals surface area contributed by atoms with Gasteiger partial charge in [-0.1, -0.05) is 6.07 Å². The van der Waals surface area contributed by atoms with Crippen LogP contribution in [0.1, 0.15) is 40.7 Å². The largest absolute Gasteiger partial charge is 0.357 e. The molecular weight excluding hydrogens is 286 g/mol. The minimum atomic E-state index is -0.0966. The first kappa shape index (κ1) is 15.5. The lowest BCUT2D eigenvalue weighted by Gasteiger charge is -2.27. The SMILES string of the molecule is Cc1ccc(C(=O)Nc2ccc(N3CCCCC3)nc2)cc1C. The maximum Gasteiger partial charge on any atom is 0.255 e. The number of rotatable bonds is 3. The van der Waals surface area contributed by atoms with Crippen molar-refractivity contribution < 1.29 is 4.79 Å². The Morgan fingerprint density at radius 1 is 1.04 bits per heavy atom. The Morgan fingerprint density at radius 3 is 2.48 bits per heavy atom. The number of nitrogens with one attached hydrogen (secondary N) is 1. The Morgan fingerprint density at radius 2 is 1.83 bits per heavy atom. The van der Waals surface area contributed by atoms with E-state index >= 15 is 0 Å². The summed E-state index contributed by atoms with van der Waals surface area (Å²) >= 11 is 0. The number of aryl methyl sites for hydroxylation is 2. The van der Waals surface area contributed by atoms with Crippen LogP contribution >= 0.6 is 0 Å². The van der Waals surface area contributed by atoms with Crippen LogP contribution in [0.3, 0.4) is 0 Å². The number of aromatic nitrogens is 1. The van der Waals surface area contributed by atoms with E-state index in [4.69, 9.17) is 0 Å². The van der Waals surface area contributed by atoms with Gasteiger partial charge in [-0.05, 0) is 68.5 Å². The fourth-order valence-corrected chi connectivity index (χ4v) is 2.86. The average molecular weight is 309 g/mol. The molecule has 120 valence electrons. The number of benzene rings is 1. The van der Waals surface area contributed by atoms with Crippen LogP contribution in [0.25, 0.3) is 0 Å². The molecule has 1 aliphatic rings. The fourth-order valence-electron chi connectivity index (χ4n) is 2.86. The van der Waals surface area contributed by atoms with Crippen molar-refractivity contribution in [1.29, 1.82) is 0 Å². The highest BCUT2D eigenvalue weighted by Crippen LogP contribution is 2.19. The number of hydrogen-bond donors (Lipinski definition) is 1. The summed E-state index contributed by atoms with van der Waals surface area (Å²) in [6.45, 7) is 6.20. The number of carbonyl (C=O) groups excluding carboxylic acids is 1. The van der Waals surface area contributed by atoms with E-state index in [-0.39, 0.29) is 5.91 Å². The van der Waals surface area contributed by atoms with E-state index in [9.17, 15) is 4.79 Å². The molecule has 0 atom stereocenters. The lowest BCUT2D eigenvalue weighted by Crippen LogP contribution is -2.30. The summed E-state index contributed by atoms with van der Waals surface area (Å²) in [7, 11) is 0. The molecular formula is C19H23N3O. The van der Waals surface area contributed by atoms with Crippen LogP contribution in [0.4, 0.5) is 11.5 Å². The van der Waals surface area contributed by atoms with Crippen LogP contribution in [0.15, 0.2) is 36.5 Å². The van der Waals surface area contributed by atoms with Crippen molar-refractivity contribution in [2.75, 3.05) is 23.3 Å². The number of anilines is 2. The lowest BCUT2D eigenvalue weighted by molar-refractivity contribution is 0.102. The number of nitrogens with zero attached hydrogens (tertiary/aromatic N) is 2. The predicted octanol–water partition coefficient (Wildman–Crippen LogP) is 3.94. The van der Waals surface area contributed by atoms with Gasteiger partial charge >= 0.3 is 0 Å². The molecule has 0 aliphatic carbocycles. The Kier molecular flexibility index (Phi) is 4.60. The van der Waals surface area contributed by atoms with Gasteiger partial charge < -0.3 is 10.2 Å². The Labute approximate surface area is 137 Å². The van der Waals surface area contributed by atoms with E-state index in [1.165, 1.54) is 24.8 Å². The second-order valence-corrected chi connectivity index (χ2v) is 6.21. The molecule has 0 unspecified atom stereocenters. The van der Waals surface area contributed by atoms with Crippen LogP contribution in [0, 0.1) is 13.8 Å². The summed E-state index contributed by atoms with van der Waals surface area (Å²) < 4.78 is 0. The van der Waals surface area contributed by atoms with Crippen molar-refractivity contribution >= 4 is 17.4 Å². The van der Waals surface area contributed by atoms with Crippen LogP contribution in [-0.4, -0.2) is 24.0 Å². The maximum atomic E-state index is 12.3. The average Bonchev–Trinajstić information content (AvgIpc) is 2.59. The molecule has 1 aliphatic heterocycles. The molecule has 3 rings (SSSR count). The van der Waals surface area contributed by atoms with Crippen molar-refractivity contribution in [2.45, 2.75) is 33.1 Å². The third-order valence-electron chi connectivity index (χ3n) is 4.45. The number of hydrogen-bond acceptors (Lipinski definition) is 3. The van der Waals surface area contributed by atoms with E-state index in [0.717, 1.165) is 30.2 Å². The molecule has 1 saturated heterocycles. The number of carbonyl (C=O) groups is 1. The van der Waals surface area contributed by atoms with Gasteiger partial charge in [0.25, 0.3) is 5.91 Å². The minimum absolute atomic E-state index is 0.0966. The zero-order valence-electron chi connectivity index (χ0n) is 13.8. The molecule has 2 heterocycles. The molecule has 0 radical (unpaired) electrons. The van der Waals surface area contributed by atoms with Gasteiger partial charge in [0.05, 0.1) is 11.9 Å². The second-order valence-electron chi connectivity index (χ2n) is 6.21. The monoisotopic (exact) mass is 309 g/mol. The van der Waals surface area contributed by atoms with Gasteiger partial charge in [-0.25, -0.2) is 4.98 Å². The van der Waals surface area contributed by atoms with Gasteiger partial charge in [-0.2, -0.15) is 0 Å². The van der Waals surface area contributed by atoms with Gasteiger partial charge in [0.2, 0.25) is 0 Å². The van der Waals surface area contributed by atoms with Crippen molar-refractivity contribution in [3.8, 4) is 0 Å². The van der Waals surface area contributed by atoms with E-state index in [0.29, 0.717) is 5.56 Å². The van der Waals surface area contributed by atoms with Crippen LogP contribution in [0.5, 0.6) is 0 Å². The minimum Gasteiger partial charge on any atom is -0.357 e. The van der Waals surface area contributed by atoms with Crippen molar-refractivity contribution in [1.82, 2.24) is 4.98 Å². The number of piperidine rings is 1. The molecule has 2 aromatic rings. The molecule has 1 N–H and O–H groups in total. The summed E-state index contributed by atoms with van der Waals surface area (Å²) in [6.07, 6.45) is 5.50. The smallest absolute Gasteiger partial charge is 0.255 e. The van der Waals surface area contributed by atoms with Crippen LogP contribution in [0.2, 0.25) is 0 Å². The highest BCUT2D eigenvalue weighted by atomic mass is 16.1. The Hall–Kier alpha value is -2.36. The standard InChI is InChI=1S/C19H23N3O/c1-14-6-7-16(12-15(14)2)19(23)21-17-8-9-18(20-13-17)22-10-4-3-5-11-22/h6-9,12-13H,3-5,10-11H2,1-2H3,(H,21,23). The molecule has 1 aromatic carbocycles. The first-order valence-corrected chi connectivity index (χ1v) is 8.23. The molecule has 4 nitrogen and oxygen atoms in total. The van der Waals surface area contributed by atoms with Gasteiger partial charge in [-0.15, -0.1) is 0 Å². The highest BCUT2D eigenvalue weighted by Gasteiger charge is 2.12. The normalized spacial score (nSPS) is 14.6. The molecule has 4 heteroatoms. The van der Waals surface area contributed by atoms with Crippen molar-refractivity contribution in [2.24, 2.45) is 0 Å². The summed E-state index contributed by atoms with van der Waals surface area (Å²) in [4.78, 5) is 19.1. The first-order valence-electron chi connectivity index (χ1n) is 8.23. The predicted molar refractivity (Wildman–Crippen MR) is 94.2 cm³/mol. The molecule has 0 spiro atoms. The maximum absolute atomic E-state index is 12.3. The van der Waals surface area contributed by atoms with E-state index in [1.807, 2.05) is 44.2 Å². The Bertz CT molecular complexity index is 688. The van der Waals surface area contributed by atoms with E-state index in [2.05, 4.69) is 15.2 Å². The summed E-state index contributed by atoms with van der Waals surface area (Å²) in [6, 6.07) is 9.66. The first-order chi connectivity index (χ1) is 11.1. The molecule has 0 saturated carbocycles. The van der Waals surface area contributed by atoms with Crippen molar-refractivity contribution in [3.63, 3.8) is 0 Å². The van der Waals surface area contributed by atoms with Crippen LogP contribution < -0.4 is 10.2 Å². The molecule has 1 amide bonds. The van der Waals surface area contributed by atoms with Gasteiger partial charge in [0.15, 0.2) is 0 Å². The van der Waals surface area contributed by atoms with E-state index in [1.54, 1.807) is 6.20 Å². The number of amides is 1. The molecule has 0 bridgehead atoms. The van der Waals surface area contributed by atoms with Gasteiger partial charge in [0.1, 0.15) is 5.82 Å². The van der Waals surface area contributed by atoms with Crippen LogP contribution in [-0.2, 0) is 0 Å². The third-order valence-corrected chi connectivity index (χ3v) is 4.45. The van der Waals surface area contributed by atoms with Gasteiger partial charge in [-0.3, -0.25) is 4.79 Å². The zero-order valence-corrected chi connectivity index (χ0v) is 13.8. The summed E-state index contributed by atoms with van der Waals surface area (Å²) in [5.74, 6) is 0.898. The topological polar surface area (TPSA) is 45.2 Å². The summed E-state index contributed by atoms with van der Waals surface area (Å²) in [5, 5.41) is 2.92. The van der Waals surface area contributed by atoms with Crippen molar-refractivity contribution in [3.05, 3.63) is 53.2 Å².